The van der Waals surface area contributed by atoms with E-state index in [2.05, 4.69) is 86.6 Å². The van der Waals surface area contributed by atoms with Crippen LogP contribution in [-0.2, 0) is 17.9 Å². The van der Waals surface area contributed by atoms with E-state index in [0.29, 0.717) is 17.9 Å². The van der Waals surface area contributed by atoms with Crippen LogP contribution in [0.1, 0.15) is 22.7 Å². The van der Waals surface area contributed by atoms with Gasteiger partial charge in [0.2, 0.25) is 0 Å². The van der Waals surface area contributed by atoms with Gasteiger partial charge in [0.1, 0.15) is 12.3 Å². The van der Waals surface area contributed by atoms with Gasteiger partial charge >= 0.3 is 6.01 Å². The number of aromatic nitrogens is 3. The molecule has 1 saturated heterocycles. The number of benzene rings is 3. The molecule has 1 N–H and O–H groups in total. The van der Waals surface area contributed by atoms with Crippen molar-refractivity contribution >= 4 is 23.2 Å². The van der Waals surface area contributed by atoms with E-state index in [-0.39, 0.29) is 27.8 Å². The van der Waals surface area contributed by atoms with E-state index in [1.165, 1.54) is 17.3 Å². The molecule has 8 nitrogen and oxygen atoms in total. The third-order valence-electron chi connectivity index (χ3n) is 6.93. The van der Waals surface area contributed by atoms with Crippen LogP contribution < -0.4 is 4.74 Å². The van der Waals surface area contributed by atoms with E-state index >= 15 is 0 Å². The van der Waals surface area contributed by atoms with Crippen molar-refractivity contribution in [1.29, 1.82) is 0 Å². The average molecular weight is 581 g/mol. The molecule has 208 valence electrons. The number of phenolic OH excluding ortho intramolecular Hbond substituents is 1. The van der Waals surface area contributed by atoms with Crippen molar-refractivity contribution in [3.63, 3.8) is 0 Å². The van der Waals surface area contributed by atoms with Crippen molar-refractivity contribution in [3.8, 4) is 23.0 Å². The molecule has 1 aliphatic heterocycles. The first kappa shape index (κ1) is 28.3. The molecule has 5 rings (SSSR count). The number of ether oxygens (including phenoxy) is 2. The Morgan fingerprint density at radius 2 is 1.65 bits per heavy atom. The molecule has 1 aromatic heterocycles. The highest BCUT2D eigenvalue weighted by molar-refractivity contribution is 6.37. The first-order chi connectivity index (χ1) is 19.5. The fraction of sp³-hybridized carbons (Fsp3) is 0.300. The summed E-state index contributed by atoms with van der Waals surface area (Å²) in [4.78, 5) is 9.13. The minimum atomic E-state index is -0.172. The normalized spacial score (nSPS) is 14.8. The number of aromatic hydroxyl groups is 1. The summed E-state index contributed by atoms with van der Waals surface area (Å²) in [7, 11) is 2.18. The highest BCUT2D eigenvalue weighted by atomic mass is 35.5. The molecule has 4 aromatic rings. The molecule has 1 atom stereocenters. The SMILES string of the molecule is CN(Cc1ccc(COc2ncc(-c3cc(Cl)c(O)c(Cl)c3)nn2)cc1)C(CN1CCOCC1)c1ccccc1. The lowest BCUT2D eigenvalue weighted by atomic mass is 10.0. The van der Waals surface area contributed by atoms with E-state index in [0.717, 1.165) is 45.0 Å². The van der Waals surface area contributed by atoms with Crippen LogP contribution in [0.15, 0.2) is 72.9 Å². The predicted molar refractivity (Wildman–Crippen MR) is 156 cm³/mol. The number of hydrogen-bond acceptors (Lipinski definition) is 8. The lowest BCUT2D eigenvalue weighted by molar-refractivity contribution is 0.0240. The standard InChI is InChI=1S/C30H31Cl2N5O3/c1-36(28(23-5-3-2-4-6-23)19-37-11-13-39-14-12-37)18-21-7-9-22(10-8-21)20-40-30-33-17-27(34-35-30)24-15-25(31)29(38)26(32)16-24/h2-10,15-17,28,38H,11-14,18-20H2,1H3. The Bertz CT molecular complexity index is 1360. The van der Waals surface area contributed by atoms with Gasteiger partial charge in [-0.05, 0) is 35.9 Å². The molecule has 0 aliphatic carbocycles. The fourth-order valence-corrected chi connectivity index (χ4v) is 5.15. The van der Waals surface area contributed by atoms with E-state index in [1.807, 2.05) is 0 Å². The zero-order chi connectivity index (χ0) is 27.9. The minimum absolute atomic E-state index is 0.131. The smallest absolute Gasteiger partial charge is 0.336 e. The number of halogens is 2. The summed E-state index contributed by atoms with van der Waals surface area (Å²) in [5.41, 5.74) is 4.61. The van der Waals surface area contributed by atoms with E-state index in [4.69, 9.17) is 32.7 Å². The van der Waals surface area contributed by atoms with Crippen LogP contribution in [0.3, 0.4) is 0 Å². The summed E-state index contributed by atoms with van der Waals surface area (Å²) in [6.07, 6.45) is 1.53. The molecular weight excluding hydrogens is 549 g/mol. The van der Waals surface area contributed by atoms with Crippen molar-refractivity contribution in [1.82, 2.24) is 25.0 Å². The van der Waals surface area contributed by atoms with Gasteiger partial charge in [-0.2, -0.15) is 0 Å². The van der Waals surface area contributed by atoms with Gasteiger partial charge in [0.25, 0.3) is 0 Å². The second-order valence-electron chi connectivity index (χ2n) is 9.77. The first-order valence-electron chi connectivity index (χ1n) is 13.1. The quantitative estimate of drug-likeness (QED) is 0.258. The van der Waals surface area contributed by atoms with Gasteiger partial charge in [-0.3, -0.25) is 9.80 Å². The summed E-state index contributed by atoms with van der Waals surface area (Å²) in [5.74, 6) is -0.172. The van der Waals surface area contributed by atoms with Crippen molar-refractivity contribution < 1.29 is 14.6 Å². The van der Waals surface area contributed by atoms with Crippen LogP contribution >= 0.6 is 23.2 Å². The monoisotopic (exact) mass is 579 g/mol. The predicted octanol–water partition coefficient (Wildman–Crippen LogP) is 5.64. The zero-order valence-corrected chi connectivity index (χ0v) is 23.7. The van der Waals surface area contributed by atoms with Crippen molar-refractivity contribution in [2.45, 2.75) is 19.2 Å². The van der Waals surface area contributed by atoms with Crippen molar-refractivity contribution in [2.75, 3.05) is 39.9 Å². The minimum Gasteiger partial charge on any atom is -0.505 e. The van der Waals surface area contributed by atoms with Crippen LogP contribution in [0.4, 0.5) is 0 Å². The molecule has 1 fully saturated rings. The molecular formula is C30H31Cl2N5O3. The van der Waals surface area contributed by atoms with Gasteiger partial charge < -0.3 is 14.6 Å². The lowest BCUT2D eigenvalue weighted by Gasteiger charge is -2.35. The van der Waals surface area contributed by atoms with Gasteiger partial charge in [-0.1, -0.05) is 82.9 Å². The fourth-order valence-electron chi connectivity index (χ4n) is 4.67. The number of phenols is 1. The molecule has 40 heavy (non-hydrogen) atoms. The average Bonchev–Trinajstić information content (AvgIpc) is 2.99. The molecule has 0 saturated carbocycles. The Balaban J connectivity index is 1.18. The third-order valence-corrected chi connectivity index (χ3v) is 7.50. The van der Waals surface area contributed by atoms with Gasteiger partial charge in [-0.25, -0.2) is 4.98 Å². The maximum Gasteiger partial charge on any atom is 0.336 e. The Labute approximate surface area is 244 Å². The summed E-state index contributed by atoms with van der Waals surface area (Å²) < 4.78 is 11.3. The molecule has 2 heterocycles. The summed E-state index contributed by atoms with van der Waals surface area (Å²) >= 11 is 12.0. The van der Waals surface area contributed by atoms with E-state index < -0.39 is 0 Å². The molecule has 10 heteroatoms. The molecule has 0 amide bonds. The van der Waals surface area contributed by atoms with Crippen molar-refractivity contribution in [3.05, 3.63) is 99.7 Å². The number of hydrogen-bond donors (Lipinski definition) is 1. The highest BCUT2D eigenvalue weighted by Gasteiger charge is 2.22. The number of likely N-dealkylation sites (N-methyl/N-ethyl adjacent to an activating group) is 1. The van der Waals surface area contributed by atoms with E-state index in [9.17, 15) is 5.11 Å². The maximum atomic E-state index is 9.75. The van der Waals surface area contributed by atoms with Crippen LogP contribution in [0.25, 0.3) is 11.3 Å². The van der Waals surface area contributed by atoms with Crippen LogP contribution in [0.2, 0.25) is 10.0 Å². The van der Waals surface area contributed by atoms with E-state index in [1.54, 1.807) is 12.1 Å². The second kappa shape index (κ2) is 13.4. The van der Waals surface area contributed by atoms with Gasteiger partial charge in [0, 0.05) is 37.8 Å². The summed E-state index contributed by atoms with van der Waals surface area (Å²) in [6, 6.07) is 22.6. The summed E-state index contributed by atoms with van der Waals surface area (Å²) in [5, 5.41) is 18.2. The van der Waals surface area contributed by atoms with Gasteiger partial charge in [-0.15, -0.1) is 5.10 Å². The Morgan fingerprint density at radius 1 is 0.975 bits per heavy atom. The topological polar surface area (TPSA) is 83.8 Å². The number of rotatable bonds is 10. The lowest BCUT2D eigenvalue weighted by Crippen LogP contribution is -2.42. The molecule has 0 radical (unpaired) electrons. The molecule has 1 unspecified atom stereocenters. The molecule has 3 aromatic carbocycles. The zero-order valence-electron chi connectivity index (χ0n) is 22.2. The molecule has 0 spiro atoms. The van der Waals surface area contributed by atoms with Gasteiger partial charge in [0.15, 0.2) is 5.75 Å². The Kier molecular flexibility index (Phi) is 9.46. The van der Waals surface area contributed by atoms with Crippen LogP contribution in [0, 0.1) is 0 Å². The second-order valence-corrected chi connectivity index (χ2v) is 10.6. The molecule has 0 bridgehead atoms. The summed E-state index contributed by atoms with van der Waals surface area (Å²) in [6.45, 7) is 5.63. The first-order valence-corrected chi connectivity index (χ1v) is 13.9. The number of morpholine rings is 1. The third kappa shape index (κ3) is 7.27. The van der Waals surface area contributed by atoms with Gasteiger partial charge in [0.05, 0.1) is 29.5 Å². The molecule has 1 aliphatic rings. The highest BCUT2D eigenvalue weighted by Crippen LogP contribution is 2.35. The van der Waals surface area contributed by atoms with Crippen LogP contribution in [0.5, 0.6) is 11.8 Å². The number of nitrogens with zero attached hydrogens (tertiary/aromatic N) is 5. The largest absolute Gasteiger partial charge is 0.505 e. The van der Waals surface area contributed by atoms with Crippen molar-refractivity contribution in [2.24, 2.45) is 0 Å². The Morgan fingerprint density at radius 3 is 2.30 bits per heavy atom. The Hall–Kier alpha value is -3.27. The maximum absolute atomic E-state index is 9.75. The van der Waals surface area contributed by atoms with Crippen LogP contribution in [-0.4, -0.2) is 70.0 Å².